The zero-order chi connectivity index (χ0) is 11.1. The van der Waals surface area contributed by atoms with E-state index >= 15 is 0 Å². The molecule has 0 amide bonds. The van der Waals surface area contributed by atoms with E-state index in [4.69, 9.17) is 4.74 Å². The molecule has 2 unspecified atom stereocenters. The van der Waals surface area contributed by atoms with Crippen LogP contribution in [0.4, 0.5) is 0 Å². The second kappa shape index (κ2) is 7.24. The van der Waals surface area contributed by atoms with Gasteiger partial charge < -0.3 is 9.84 Å². The van der Waals surface area contributed by atoms with E-state index in [1.165, 1.54) is 19.3 Å². The van der Waals surface area contributed by atoms with Crippen LogP contribution in [0.25, 0.3) is 0 Å². The van der Waals surface area contributed by atoms with Crippen LogP contribution in [-0.4, -0.2) is 23.9 Å². The van der Waals surface area contributed by atoms with Gasteiger partial charge in [0.25, 0.3) is 0 Å². The minimum Gasteiger partial charge on any atom is -0.390 e. The molecule has 2 nitrogen and oxygen atoms in total. The minimum atomic E-state index is -0.216. The highest BCUT2D eigenvalue weighted by Crippen LogP contribution is 2.19. The molecule has 0 aliphatic carbocycles. The van der Waals surface area contributed by atoms with Gasteiger partial charge in [0.1, 0.15) is 0 Å². The average Bonchev–Trinajstić information content (AvgIpc) is 2.69. The topological polar surface area (TPSA) is 29.5 Å². The van der Waals surface area contributed by atoms with Crippen molar-refractivity contribution in [3.8, 4) is 0 Å². The number of aliphatic hydroxyl groups is 1. The monoisotopic (exact) mass is 214 g/mol. The summed E-state index contributed by atoms with van der Waals surface area (Å²) >= 11 is 0. The van der Waals surface area contributed by atoms with Crippen LogP contribution < -0.4 is 0 Å². The standard InChI is InChI=1S/C13H26O2/c1-11(2)7-4-3-5-8-12(14)13-9-6-10-15-13/h11-14H,3-10H2,1-2H3. The fourth-order valence-electron chi connectivity index (χ4n) is 2.17. The largest absolute Gasteiger partial charge is 0.390 e. The fraction of sp³-hybridized carbons (Fsp3) is 1.00. The number of ether oxygens (including phenoxy) is 1. The molecule has 0 saturated carbocycles. The molecule has 0 bridgehead atoms. The number of rotatable bonds is 7. The van der Waals surface area contributed by atoms with E-state index in [2.05, 4.69) is 13.8 Å². The molecule has 1 aliphatic rings. The van der Waals surface area contributed by atoms with Gasteiger partial charge in [0, 0.05) is 6.61 Å². The Morgan fingerprint density at radius 2 is 1.93 bits per heavy atom. The molecule has 0 aromatic carbocycles. The van der Waals surface area contributed by atoms with Gasteiger partial charge in [0.2, 0.25) is 0 Å². The van der Waals surface area contributed by atoms with Crippen molar-refractivity contribution in [2.24, 2.45) is 5.92 Å². The molecule has 90 valence electrons. The average molecular weight is 214 g/mol. The zero-order valence-corrected chi connectivity index (χ0v) is 10.2. The molecule has 1 rings (SSSR count). The van der Waals surface area contributed by atoms with E-state index in [1.54, 1.807) is 0 Å². The van der Waals surface area contributed by atoms with Gasteiger partial charge in [-0.2, -0.15) is 0 Å². The molecule has 0 aromatic heterocycles. The lowest BCUT2D eigenvalue weighted by molar-refractivity contribution is -0.00638. The Bertz CT molecular complexity index is 151. The Hall–Kier alpha value is -0.0800. The normalized spacial score (nSPS) is 23.6. The summed E-state index contributed by atoms with van der Waals surface area (Å²) in [6, 6.07) is 0. The molecule has 1 fully saturated rings. The first-order chi connectivity index (χ1) is 7.20. The SMILES string of the molecule is CC(C)CCCCCC(O)C1CCCO1. The van der Waals surface area contributed by atoms with Crippen LogP contribution >= 0.6 is 0 Å². The molecule has 0 radical (unpaired) electrons. The Morgan fingerprint density at radius 1 is 1.20 bits per heavy atom. The smallest absolute Gasteiger partial charge is 0.0834 e. The third kappa shape index (κ3) is 5.53. The van der Waals surface area contributed by atoms with Gasteiger partial charge in [-0.05, 0) is 25.2 Å². The second-order valence-electron chi connectivity index (χ2n) is 5.15. The molecule has 1 saturated heterocycles. The van der Waals surface area contributed by atoms with Gasteiger partial charge in [-0.3, -0.25) is 0 Å². The number of unbranched alkanes of at least 4 members (excludes halogenated alkanes) is 2. The van der Waals surface area contributed by atoms with Crippen molar-refractivity contribution in [3.63, 3.8) is 0 Å². The lowest BCUT2D eigenvalue weighted by Crippen LogP contribution is -2.24. The molecular formula is C13H26O2. The van der Waals surface area contributed by atoms with Crippen molar-refractivity contribution in [3.05, 3.63) is 0 Å². The van der Waals surface area contributed by atoms with E-state index in [-0.39, 0.29) is 12.2 Å². The predicted octanol–water partition coefficient (Wildman–Crippen LogP) is 3.13. The van der Waals surface area contributed by atoms with Crippen molar-refractivity contribution in [1.29, 1.82) is 0 Å². The van der Waals surface area contributed by atoms with Crippen LogP contribution in [0.5, 0.6) is 0 Å². The summed E-state index contributed by atoms with van der Waals surface area (Å²) in [5.74, 6) is 0.813. The highest BCUT2D eigenvalue weighted by molar-refractivity contribution is 4.73. The number of hydrogen-bond acceptors (Lipinski definition) is 2. The fourth-order valence-corrected chi connectivity index (χ4v) is 2.17. The Kier molecular flexibility index (Phi) is 6.26. The quantitative estimate of drug-likeness (QED) is 0.660. The first kappa shape index (κ1) is 13.0. The maximum Gasteiger partial charge on any atom is 0.0834 e. The first-order valence-corrected chi connectivity index (χ1v) is 6.50. The van der Waals surface area contributed by atoms with Crippen molar-refractivity contribution in [2.45, 2.75) is 71.0 Å². The number of aliphatic hydroxyl groups excluding tert-OH is 1. The van der Waals surface area contributed by atoms with Crippen LogP contribution in [0, 0.1) is 5.92 Å². The van der Waals surface area contributed by atoms with Crippen LogP contribution in [0.2, 0.25) is 0 Å². The maximum atomic E-state index is 9.83. The van der Waals surface area contributed by atoms with Crippen LogP contribution in [0.3, 0.4) is 0 Å². The Morgan fingerprint density at radius 3 is 2.53 bits per heavy atom. The summed E-state index contributed by atoms with van der Waals surface area (Å²) in [5.41, 5.74) is 0. The minimum absolute atomic E-state index is 0.134. The summed E-state index contributed by atoms with van der Waals surface area (Å²) in [6.07, 6.45) is 8.02. The molecule has 0 aromatic rings. The second-order valence-corrected chi connectivity index (χ2v) is 5.15. The van der Waals surface area contributed by atoms with Crippen molar-refractivity contribution < 1.29 is 9.84 Å². The van der Waals surface area contributed by atoms with Gasteiger partial charge in [-0.1, -0.05) is 39.5 Å². The molecule has 0 spiro atoms. The summed E-state index contributed by atoms with van der Waals surface area (Å²) in [4.78, 5) is 0. The summed E-state index contributed by atoms with van der Waals surface area (Å²) in [7, 11) is 0. The van der Waals surface area contributed by atoms with E-state index < -0.39 is 0 Å². The van der Waals surface area contributed by atoms with Gasteiger partial charge in [0.05, 0.1) is 12.2 Å². The molecule has 1 N–H and O–H groups in total. The summed E-state index contributed by atoms with van der Waals surface area (Å²) in [6.45, 7) is 5.37. The predicted molar refractivity (Wildman–Crippen MR) is 62.9 cm³/mol. The number of hydrogen-bond donors (Lipinski definition) is 1. The molecule has 1 heterocycles. The van der Waals surface area contributed by atoms with E-state index in [0.29, 0.717) is 0 Å². The third-order valence-electron chi connectivity index (χ3n) is 3.18. The zero-order valence-electron chi connectivity index (χ0n) is 10.2. The van der Waals surface area contributed by atoms with Crippen molar-refractivity contribution >= 4 is 0 Å². The van der Waals surface area contributed by atoms with Crippen molar-refractivity contribution in [2.75, 3.05) is 6.61 Å². The van der Waals surface area contributed by atoms with Gasteiger partial charge in [0.15, 0.2) is 0 Å². The van der Waals surface area contributed by atoms with Crippen LogP contribution in [0.1, 0.15) is 58.8 Å². The van der Waals surface area contributed by atoms with Crippen molar-refractivity contribution in [1.82, 2.24) is 0 Å². The lowest BCUT2D eigenvalue weighted by atomic mass is 10.0. The highest BCUT2D eigenvalue weighted by atomic mass is 16.5. The Labute approximate surface area is 94.0 Å². The van der Waals surface area contributed by atoms with Crippen LogP contribution in [0.15, 0.2) is 0 Å². The van der Waals surface area contributed by atoms with E-state index in [9.17, 15) is 5.11 Å². The Balaban J connectivity index is 1.94. The van der Waals surface area contributed by atoms with E-state index in [1.807, 2.05) is 0 Å². The van der Waals surface area contributed by atoms with Crippen LogP contribution in [-0.2, 0) is 4.74 Å². The molecular weight excluding hydrogens is 188 g/mol. The molecule has 15 heavy (non-hydrogen) atoms. The molecule has 2 heteroatoms. The molecule has 1 aliphatic heterocycles. The van der Waals surface area contributed by atoms with Gasteiger partial charge in [-0.25, -0.2) is 0 Å². The maximum absolute atomic E-state index is 9.83. The summed E-state index contributed by atoms with van der Waals surface area (Å²) in [5, 5.41) is 9.83. The lowest BCUT2D eigenvalue weighted by Gasteiger charge is -2.17. The van der Waals surface area contributed by atoms with Gasteiger partial charge >= 0.3 is 0 Å². The highest BCUT2D eigenvalue weighted by Gasteiger charge is 2.23. The third-order valence-corrected chi connectivity index (χ3v) is 3.18. The first-order valence-electron chi connectivity index (χ1n) is 6.50. The van der Waals surface area contributed by atoms with Gasteiger partial charge in [-0.15, -0.1) is 0 Å². The molecule has 2 atom stereocenters. The summed E-state index contributed by atoms with van der Waals surface area (Å²) < 4.78 is 5.46. The van der Waals surface area contributed by atoms with E-state index in [0.717, 1.165) is 38.2 Å².